The van der Waals surface area contributed by atoms with Gasteiger partial charge in [-0.05, 0) is 42.2 Å². The Morgan fingerprint density at radius 2 is 2.15 bits per heavy atom. The van der Waals surface area contributed by atoms with Crippen LogP contribution in [0.25, 0.3) is 11.1 Å². The van der Waals surface area contributed by atoms with E-state index in [1.54, 1.807) is 25.4 Å². The molecule has 0 saturated heterocycles. The molecule has 4 heteroatoms. The van der Waals surface area contributed by atoms with E-state index in [2.05, 4.69) is 10.3 Å². The Labute approximate surface area is 117 Å². The van der Waals surface area contributed by atoms with E-state index in [1.807, 2.05) is 12.1 Å². The molecule has 104 valence electrons. The number of pyridine rings is 1. The summed E-state index contributed by atoms with van der Waals surface area (Å²) in [6.07, 6.45) is 4.12. The quantitative estimate of drug-likeness (QED) is 0.908. The van der Waals surface area contributed by atoms with E-state index in [1.165, 1.54) is 18.9 Å². The van der Waals surface area contributed by atoms with E-state index in [0.29, 0.717) is 17.5 Å². The van der Waals surface area contributed by atoms with Gasteiger partial charge in [-0.25, -0.2) is 9.37 Å². The van der Waals surface area contributed by atoms with Gasteiger partial charge in [0.05, 0.1) is 7.11 Å². The lowest BCUT2D eigenvalue weighted by molar-refractivity contribution is 0.398. The Morgan fingerprint density at radius 3 is 2.90 bits per heavy atom. The van der Waals surface area contributed by atoms with Crippen LogP contribution in [0.1, 0.15) is 18.4 Å². The minimum Gasteiger partial charge on any atom is -0.481 e. The van der Waals surface area contributed by atoms with Crippen LogP contribution < -0.4 is 10.1 Å². The number of aromatic nitrogens is 1. The zero-order valence-electron chi connectivity index (χ0n) is 11.4. The fraction of sp³-hybridized carbons (Fsp3) is 0.312. The number of ether oxygens (including phenoxy) is 1. The van der Waals surface area contributed by atoms with Crippen molar-refractivity contribution in [2.75, 3.05) is 7.11 Å². The summed E-state index contributed by atoms with van der Waals surface area (Å²) in [5, 5.41) is 3.43. The van der Waals surface area contributed by atoms with E-state index >= 15 is 0 Å². The number of nitrogens with zero attached hydrogens (tertiary/aromatic N) is 1. The standard InChI is InChI=1S/C16H17FN2O/c1-20-16-9-12(6-7-18-16)14-8-11(2-5-15(14)17)10-19-13-3-4-13/h2,5-9,13,19H,3-4,10H2,1H3. The maximum absolute atomic E-state index is 14.0. The van der Waals surface area contributed by atoms with E-state index in [4.69, 9.17) is 4.74 Å². The Bertz CT molecular complexity index is 611. The molecule has 1 aromatic heterocycles. The molecule has 1 heterocycles. The highest BCUT2D eigenvalue weighted by Crippen LogP contribution is 2.26. The summed E-state index contributed by atoms with van der Waals surface area (Å²) in [5.74, 6) is 0.261. The van der Waals surface area contributed by atoms with Crippen molar-refractivity contribution >= 4 is 0 Å². The molecular formula is C16H17FN2O. The van der Waals surface area contributed by atoms with Gasteiger partial charge in [0.15, 0.2) is 0 Å². The van der Waals surface area contributed by atoms with Crippen molar-refractivity contribution in [2.45, 2.75) is 25.4 Å². The third kappa shape index (κ3) is 2.96. The number of hydrogen-bond acceptors (Lipinski definition) is 3. The highest BCUT2D eigenvalue weighted by atomic mass is 19.1. The first kappa shape index (κ1) is 13.1. The molecule has 3 rings (SSSR count). The van der Waals surface area contributed by atoms with Crippen LogP contribution in [0.3, 0.4) is 0 Å². The van der Waals surface area contributed by atoms with Crippen LogP contribution in [0.4, 0.5) is 4.39 Å². The van der Waals surface area contributed by atoms with Crippen molar-refractivity contribution in [1.82, 2.24) is 10.3 Å². The van der Waals surface area contributed by atoms with Crippen molar-refractivity contribution in [1.29, 1.82) is 0 Å². The van der Waals surface area contributed by atoms with Crippen LogP contribution in [-0.2, 0) is 6.54 Å². The van der Waals surface area contributed by atoms with Gasteiger partial charge in [-0.3, -0.25) is 0 Å². The molecule has 1 aliphatic carbocycles. The second-order valence-corrected chi connectivity index (χ2v) is 5.06. The highest BCUT2D eigenvalue weighted by molar-refractivity contribution is 5.65. The van der Waals surface area contributed by atoms with E-state index in [9.17, 15) is 4.39 Å². The van der Waals surface area contributed by atoms with E-state index < -0.39 is 0 Å². The number of nitrogens with one attached hydrogen (secondary N) is 1. The second-order valence-electron chi connectivity index (χ2n) is 5.06. The van der Waals surface area contributed by atoms with Crippen molar-refractivity contribution < 1.29 is 9.13 Å². The molecule has 1 saturated carbocycles. The molecule has 0 bridgehead atoms. The zero-order chi connectivity index (χ0) is 13.9. The van der Waals surface area contributed by atoms with Crippen LogP contribution in [0.5, 0.6) is 5.88 Å². The normalized spacial score (nSPS) is 14.3. The molecule has 2 aromatic rings. The fourth-order valence-electron chi connectivity index (χ4n) is 2.14. The van der Waals surface area contributed by atoms with Crippen LogP contribution in [-0.4, -0.2) is 18.1 Å². The highest BCUT2D eigenvalue weighted by Gasteiger charge is 2.20. The van der Waals surface area contributed by atoms with Crippen molar-refractivity contribution in [3.05, 3.63) is 47.9 Å². The van der Waals surface area contributed by atoms with Crippen LogP contribution in [0.15, 0.2) is 36.5 Å². The van der Waals surface area contributed by atoms with Gasteiger partial charge in [-0.1, -0.05) is 6.07 Å². The van der Waals surface area contributed by atoms with E-state index in [0.717, 1.165) is 17.7 Å². The largest absolute Gasteiger partial charge is 0.481 e. The summed E-state index contributed by atoms with van der Waals surface area (Å²) in [7, 11) is 1.55. The maximum atomic E-state index is 14.0. The topological polar surface area (TPSA) is 34.1 Å². The fourth-order valence-corrected chi connectivity index (χ4v) is 2.14. The number of hydrogen-bond donors (Lipinski definition) is 1. The SMILES string of the molecule is COc1cc(-c2cc(CNC3CC3)ccc2F)ccn1. The molecule has 0 unspecified atom stereocenters. The van der Waals surface area contributed by atoms with Crippen molar-refractivity contribution in [2.24, 2.45) is 0 Å². The summed E-state index contributed by atoms with van der Waals surface area (Å²) < 4.78 is 19.1. The lowest BCUT2D eigenvalue weighted by Gasteiger charge is -2.09. The van der Waals surface area contributed by atoms with Crippen molar-refractivity contribution in [3.63, 3.8) is 0 Å². The Morgan fingerprint density at radius 1 is 1.30 bits per heavy atom. The van der Waals surface area contributed by atoms with E-state index in [-0.39, 0.29) is 5.82 Å². The predicted molar refractivity (Wildman–Crippen MR) is 76.0 cm³/mol. The first-order valence-corrected chi connectivity index (χ1v) is 6.78. The second kappa shape index (κ2) is 5.59. The number of methoxy groups -OCH3 is 1. The first-order valence-electron chi connectivity index (χ1n) is 6.78. The van der Waals surface area contributed by atoms with Gasteiger partial charge in [0, 0.05) is 30.4 Å². The number of benzene rings is 1. The molecule has 0 aliphatic heterocycles. The summed E-state index contributed by atoms with van der Waals surface area (Å²) in [5.41, 5.74) is 2.45. The Kier molecular flexibility index (Phi) is 3.65. The third-order valence-electron chi connectivity index (χ3n) is 3.46. The van der Waals surface area contributed by atoms with Gasteiger partial charge in [-0.2, -0.15) is 0 Å². The molecule has 0 atom stereocenters. The van der Waals surface area contributed by atoms with Crippen LogP contribution in [0, 0.1) is 5.82 Å². The monoisotopic (exact) mass is 272 g/mol. The summed E-state index contributed by atoms with van der Waals surface area (Å²) in [6, 6.07) is 9.41. The van der Waals surface area contributed by atoms with Gasteiger partial charge < -0.3 is 10.1 Å². The van der Waals surface area contributed by atoms with Gasteiger partial charge in [0.1, 0.15) is 5.82 Å². The third-order valence-corrected chi connectivity index (χ3v) is 3.46. The lowest BCUT2D eigenvalue weighted by atomic mass is 10.0. The minimum absolute atomic E-state index is 0.228. The van der Waals surface area contributed by atoms with Crippen LogP contribution >= 0.6 is 0 Å². The molecule has 3 nitrogen and oxygen atoms in total. The van der Waals surface area contributed by atoms with Crippen LogP contribution in [0.2, 0.25) is 0 Å². The minimum atomic E-state index is -0.228. The van der Waals surface area contributed by atoms with Gasteiger partial charge in [0.2, 0.25) is 5.88 Å². The van der Waals surface area contributed by atoms with Crippen molar-refractivity contribution in [3.8, 4) is 17.0 Å². The Balaban J connectivity index is 1.87. The summed E-state index contributed by atoms with van der Waals surface area (Å²) in [4.78, 5) is 4.05. The average Bonchev–Trinajstić information content (AvgIpc) is 3.31. The molecule has 20 heavy (non-hydrogen) atoms. The first-order chi connectivity index (χ1) is 9.76. The lowest BCUT2D eigenvalue weighted by Crippen LogP contribution is -2.15. The molecule has 0 spiro atoms. The number of halogens is 1. The number of rotatable bonds is 5. The van der Waals surface area contributed by atoms with Gasteiger partial charge >= 0.3 is 0 Å². The average molecular weight is 272 g/mol. The zero-order valence-corrected chi connectivity index (χ0v) is 11.4. The molecule has 0 radical (unpaired) electrons. The Hall–Kier alpha value is -1.94. The molecule has 0 amide bonds. The molecule has 1 aromatic carbocycles. The summed E-state index contributed by atoms with van der Waals surface area (Å²) >= 11 is 0. The summed E-state index contributed by atoms with van der Waals surface area (Å²) in [6.45, 7) is 0.778. The molecule has 1 aliphatic rings. The molecule has 1 fully saturated rings. The maximum Gasteiger partial charge on any atom is 0.213 e. The smallest absolute Gasteiger partial charge is 0.213 e. The molecule has 1 N–H and O–H groups in total. The van der Waals surface area contributed by atoms with Gasteiger partial charge in [0.25, 0.3) is 0 Å². The predicted octanol–water partition coefficient (Wildman–Crippen LogP) is 3.15. The van der Waals surface area contributed by atoms with Gasteiger partial charge in [-0.15, -0.1) is 0 Å². The molecular weight excluding hydrogens is 255 g/mol.